The van der Waals surface area contributed by atoms with Crippen molar-refractivity contribution in [1.82, 2.24) is 10.9 Å². The Morgan fingerprint density at radius 2 is 1.08 bits per heavy atom. The highest BCUT2D eigenvalue weighted by molar-refractivity contribution is 6.35. The first-order valence-corrected chi connectivity index (χ1v) is 8.34. The van der Waals surface area contributed by atoms with E-state index in [-0.39, 0.29) is 11.8 Å². The molecule has 0 heterocycles. The third-order valence-corrected chi connectivity index (χ3v) is 3.79. The fourth-order valence-electron chi connectivity index (χ4n) is 2.20. The Bertz CT molecular complexity index is 705. The monoisotopic (exact) mass is 350 g/mol. The highest BCUT2D eigenvalue weighted by Gasteiger charge is 2.12. The second kappa shape index (κ2) is 9.88. The Hall–Kier alpha value is -3.28. The molecule has 0 radical (unpaired) electrons. The van der Waals surface area contributed by atoms with Gasteiger partial charge < -0.3 is 0 Å². The van der Waals surface area contributed by atoms with Gasteiger partial charge >= 0.3 is 11.8 Å². The number of hydrogen-bond donors (Lipinski definition) is 2. The average Bonchev–Trinajstić information content (AvgIpc) is 2.68. The molecular weight excluding hydrogens is 328 g/mol. The van der Waals surface area contributed by atoms with E-state index in [9.17, 15) is 9.59 Å². The summed E-state index contributed by atoms with van der Waals surface area (Å²) in [5.74, 6) is -1.70. The van der Waals surface area contributed by atoms with Gasteiger partial charge in [-0.05, 0) is 11.1 Å². The van der Waals surface area contributed by atoms with Crippen LogP contribution in [0.3, 0.4) is 0 Å². The van der Waals surface area contributed by atoms with Crippen LogP contribution in [-0.4, -0.2) is 24.2 Å². The molecule has 134 valence electrons. The number of carbonyl (C=O) groups excluding carboxylic acids is 2. The Morgan fingerprint density at radius 3 is 1.42 bits per heavy atom. The van der Waals surface area contributed by atoms with E-state index in [1.54, 1.807) is 12.4 Å². The van der Waals surface area contributed by atoms with Crippen molar-refractivity contribution in [3.63, 3.8) is 0 Å². The number of hydrogen-bond acceptors (Lipinski definition) is 4. The van der Waals surface area contributed by atoms with E-state index in [4.69, 9.17) is 0 Å². The minimum atomic E-state index is -0.869. The molecule has 0 saturated carbocycles. The van der Waals surface area contributed by atoms with Gasteiger partial charge in [0.2, 0.25) is 0 Å². The summed E-state index contributed by atoms with van der Waals surface area (Å²) in [6, 6.07) is 19.4. The fourth-order valence-corrected chi connectivity index (χ4v) is 2.20. The van der Waals surface area contributed by atoms with E-state index in [1.165, 1.54) is 0 Å². The van der Waals surface area contributed by atoms with Crippen molar-refractivity contribution in [2.75, 3.05) is 0 Å². The topological polar surface area (TPSA) is 82.9 Å². The van der Waals surface area contributed by atoms with Crippen LogP contribution < -0.4 is 10.9 Å². The second-order valence-electron chi connectivity index (χ2n) is 5.84. The maximum absolute atomic E-state index is 11.7. The zero-order valence-electron chi connectivity index (χ0n) is 14.8. The molecule has 6 heteroatoms. The van der Waals surface area contributed by atoms with Crippen LogP contribution in [0, 0.1) is 0 Å². The van der Waals surface area contributed by atoms with Gasteiger partial charge in [0.1, 0.15) is 0 Å². The first kappa shape index (κ1) is 19.1. The molecule has 0 aromatic heterocycles. The lowest BCUT2D eigenvalue weighted by Crippen LogP contribution is -2.35. The van der Waals surface area contributed by atoms with Gasteiger partial charge in [0, 0.05) is 24.3 Å². The second-order valence-corrected chi connectivity index (χ2v) is 5.84. The van der Waals surface area contributed by atoms with Crippen LogP contribution in [0.25, 0.3) is 0 Å². The van der Waals surface area contributed by atoms with Crippen LogP contribution in [-0.2, 0) is 9.59 Å². The van der Waals surface area contributed by atoms with Crippen molar-refractivity contribution in [3.05, 3.63) is 71.8 Å². The van der Waals surface area contributed by atoms with Gasteiger partial charge in [-0.2, -0.15) is 10.2 Å². The molecule has 0 fully saturated rings. The normalized spacial score (nSPS) is 13.5. The van der Waals surface area contributed by atoms with E-state index in [0.29, 0.717) is 0 Å². The van der Waals surface area contributed by atoms with Crippen LogP contribution in [0.1, 0.15) is 36.8 Å². The number of benzene rings is 2. The molecule has 2 aromatic carbocycles. The van der Waals surface area contributed by atoms with Gasteiger partial charge in [0.05, 0.1) is 0 Å². The third-order valence-electron chi connectivity index (χ3n) is 3.79. The van der Waals surface area contributed by atoms with Crippen molar-refractivity contribution in [2.45, 2.75) is 25.7 Å². The van der Waals surface area contributed by atoms with E-state index in [2.05, 4.69) is 21.1 Å². The van der Waals surface area contributed by atoms with Crippen LogP contribution in [0.15, 0.2) is 70.9 Å². The van der Waals surface area contributed by atoms with Gasteiger partial charge in [-0.3, -0.25) is 9.59 Å². The van der Waals surface area contributed by atoms with Crippen molar-refractivity contribution in [1.29, 1.82) is 0 Å². The van der Waals surface area contributed by atoms with Gasteiger partial charge in [-0.15, -0.1) is 0 Å². The Labute approximate surface area is 153 Å². The Kier molecular flexibility index (Phi) is 7.24. The SMILES string of the molecule is CC(C=NNC(=O)C(=O)N/N=C/C(C)c1ccccc1)c1ccccc1. The maximum atomic E-state index is 11.7. The molecule has 0 spiro atoms. The molecule has 2 amide bonds. The molecule has 2 aromatic rings. The summed E-state index contributed by atoms with van der Waals surface area (Å²) in [6.07, 6.45) is 3.14. The summed E-state index contributed by atoms with van der Waals surface area (Å²) in [4.78, 5) is 23.4. The lowest BCUT2D eigenvalue weighted by Gasteiger charge is -2.06. The van der Waals surface area contributed by atoms with Gasteiger partial charge in [0.25, 0.3) is 0 Å². The summed E-state index contributed by atoms with van der Waals surface area (Å²) in [5.41, 5.74) is 6.52. The summed E-state index contributed by atoms with van der Waals surface area (Å²) in [6.45, 7) is 3.89. The van der Waals surface area contributed by atoms with E-state index >= 15 is 0 Å². The van der Waals surface area contributed by atoms with Crippen molar-refractivity contribution in [3.8, 4) is 0 Å². The number of hydrazone groups is 2. The minimum absolute atomic E-state index is 0.0179. The lowest BCUT2D eigenvalue weighted by atomic mass is 10.0. The summed E-state index contributed by atoms with van der Waals surface area (Å²) >= 11 is 0. The standard InChI is InChI=1S/C20H22N4O2/c1-15(17-9-5-3-6-10-17)13-21-23-19(25)20(26)24-22-14-16(2)18-11-7-4-8-12-18/h3-16H,1-2H3,(H,23,25)(H,24,26)/b21-13+,22-14?. The predicted octanol–water partition coefficient (Wildman–Crippen LogP) is 2.80. The predicted molar refractivity (Wildman–Crippen MR) is 103 cm³/mol. The zero-order valence-corrected chi connectivity index (χ0v) is 14.8. The molecule has 0 saturated heterocycles. The number of nitrogens with zero attached hydrogens (tertiary/aromatic N) is 2. The third kappa shape index (κ3) is 5.98. The Morgan fingerprint density at radius 1 is 0.731 bits per heavy atom. The first-order valence-electron chi connectivity index (χ1n) is 8.34. The highest BCUT2D eigenvalue weighted by Crippen LogP contribution is 2.12. The van der Waals surface area contributed by atoms with E-state index < -0.39 is 11.8 Å². The van der Waals surface area contributed by atoms with Crippen molar-refractivity contribution >= 4 is 24.2 Å². The summed E-state index contributed by atoms with van der Waals surface area (Å²) < 4.78 is 0. The molecule has 0 aliphatic heterocycles. The number of nitrogens with one attached hydrogen (secondary N) is 2. The number of rotatable bonds is 6. The molecule has 0 aliphatic carbocycles. The fraction of sp³-hybridized carbons (Fsp3) is 0.200. The molecule has 6 nitrogen and oxygen atoms in total. The molecule has 2 unspecified atom stereocenters. The summed E-state index contributed by atoms with van der Waals surface area (Å²) in [5, 5.41) is 7.64. The molecule has 0 bridgehead atoms. The smallest absolute Gasteiger partial charge is 0.262 e. The molecular formula is C20H22N4O2. The molecule has 26 heavy (non-hydrogen) atoms. The van der Waals surface area contributed by atoms with Gasteiger partial charge in [0.15, 0.2) is 0 Å². The van der Waals surface area contributed by atoms with E-state index in [1.807, 2.05) is 74.5 Å². The number of carbonyl (C=O) groups is 2. The first-order chi connectivity index (χ1) is 12.6. The molecule has 0 aliphatic rings. The van der Waals surface area contributed by atoms with Crippen LogP contribution in [0.4, 0.5) is 0 Å². The average molecular weight is 350 g/mol. The quantitative estimate of drug-likeness (QED) is 0.477. The highest BCUT2D eigenvalue weighted by atomic mass is 16.2. The van der Waals surface area contributed by atoms with Crippen molar-refractivity contribution < 1.29 is 9.59 Å². The lowest BCUT2D eigenvalue weighted by molar-refractivity contribution is -0.139. The van der Waals surface area contributed by atoms with Crippen LogP contribution >= 0.6 is 0 Å². The van der Waals surface area contributed by atoms with Crippen molar-refractivity contribution in [2.24, 2.45) is 10.2 Å². The zero-order chi connectivity index (χ0) is 18.8. The largest absolute Gasteiger partial charge is 0.331 e. The van der Waals surface area contributed by atoms with Crippen LogP contribution in [0.5, 0.6) is 0 Å². The van der Waals surface area contributed by atoms with E-state index in [0.717, 1.165) is 11.1 Å². The molecule has 2 N–H and O–H groups in total. The van der Waals surface area contributed by atoms with Gasteiger partial charge in [-0.1, -0.05) is 74.5 Å². The minimum Gasteiger partial charge on any atom is -0.262 e. The molecule has 2 atom stereocenters. The maximum Gasteiger partial charge on any atom is 0.331 e. The Balaban J connectivity index is 1.78. The van der Waals surface area contributed by atoms with Crippen LogP contribution in [0.2, 0.25) is 0 Å². The summed E-state index contributed by atoms with van der Waals surface area (Å²) in [7, 11) is 0. The molecule has 2 rings (SSSR count). The van der Waals surface area contributed by atoms with Gasteiger partial charge in [-0.25, -0.2) is 10.9 Å². The number of amides is 2.